The number of morpholine rings is 1. The Balaban J connectivity index is 1.67. The molecule has 1 aliphatic rings. The van der Waals surface area contributed by atoms with E-state index in [0.29, 0.717) is 31.9 Å². The molecule has 1 fully saturated rings. The van der Waals surface area contributed by atoms with E-state index in [2.05, 4.69) is 27.3 Å². The van der Waals surface area contributed by atoms with E-state index in [1.807, 2.05) is 43.2 Å². The van der Waals surface area contributed by atoms with Crippen LogP contribution in [0.3, 0.4) is 0 Å². The Labute approximate surface area is 179 Å². The first-order valence-electron chi connectivity index (χ1n) is 10.4. The smallest absolute Gasteiger partial charge is 0.254 e. The summed E-state index contributed by atoms with van der Waals surface area (Å²) in [5, 5.41) is 6.25. The minimum Gasteiger partial charge on any atom is -0.378 e. The highest BCUT2D eigenvalue weighted by molar-refractivity contribution is 6.15. The van der Waals surface area contributed by atoms with Crippen LogP contribution in [0.25, 0.3) is 32.9 Å². The summed E-state index contributed by atoms with van der Waals surface area (Å²) in [4.78, 5) is 22.5. The van der Waals surface area contributed by atoms with E-state index in [4.69, 9.17) is 9.26 Å². The highest BCUT2D eigenvalue weighted by Crippen LogP contribution is 2.35. The van der Waals surface area contributed by atoms with Gasteiger partial charge in [-0.2, -0.15) is 0 Å². The van der Waals surface area contributed by atoms with E-state index in [1.165, 1.54) is 0 Å². The maximum absolute atomic E-state index is 12.9. The van der Waals surface area contributed by atoms with Crippen molar-refractivity contribution < 1.29 is 14.1 Å². The molecule has 0 aliphatic carbocycles. The van der Waals surface area contributed by atoms with Crippen LogP contribution >= 0.6 is 0 Å². The summed E-state index contributed by atoms with van der Waals surface area (Å²) in [6, 6.07) is 10.1. The van der Waals surface area contributed by atoms with Gasteiger partial charge in [0, 0.05) is 59.3 Å². The number of H-pyrrole nitrogens is 1. The number of ether oxygens (including phenoxy) is 1. The zero-order valence-electron chi connectivity index (χ0n) is 17.9. The summed E-state index contributed by atoms with van der Waals surface area (Å²) in [7, 11) is 1.76. The Morgan fingerprint density at radius 2 is 1.97 bits per heavy atom. The van der Waals surface area contributed by atoms with Crippen molar-refractivity contribution in [1.82, 2.24) is 15.0 Å². The van der Waals surface area contributed by atoms with Crippen LogP contribution in [-0.4, -0.2) is 60.5 Å². The number of aryl methyl sites for hydroxylation is 2. The van der Waals surface area contributed by atoms with Crippen LogP contribution < -0.4 is 0 Å². The number of carbonyl (C=O) groups excluding carboxylic acids is 1. The average Bonchev–Trinajstić information content (AvgIpc) is 3.33. The third kappa shape index (κ3) is 3.31. The number of hydrogen-bond donors (Lipinski definition) is 1. The Morgan fingerprint density at radius 1 is 1.16 bits per heavy atom. The van der Waals surface area contributed by atoms with Gasteiger partial charge in [0.25, 0.3) is 5.91 Å². The predicted octanol–water partition coefficient (Wildman–Crippen LogP) is 4.11. The molecule has 0 radical (unpaired) electrons. The van der Waals surface area contributed by atoms with E-state index in [-0.39, 0.29) is 5.91 Å². The lowest BCUT2D eigenvalue weighted by molar-refractivity contribution is 0.0303. The predicted molar refractivity (Wildman–Crippen MR) is 121 cm³/mol. The van der Waals surface area contributed by atoms with Crippen molar-refractivity contribution in [3.63, 3.8) is 0 Å². The molecule has 2 aromatic heterocycles. The number of nitrogens with one attached hydrogen (secondary N) is 1. The molecule has 5 rings (SSSR count). The second-order valence-electron chi connectivity index (χ2n) is 7.86. The van der Waals surface area contributed by atoms with Crippen molar-refractivity contribution in [3.05, 3.63) is 52.9 Å². The number of fused-ring (bicyclic) bond motifs is 3. The first-order valence-corrected chi connectivity index (χ1v) is 10.4. The summed E-state index contributed by atoms with van der Waals surface area (Å²) in [5.41, 5.74) is 6.47. The largest absolute Gasteiger partial charge is 0.378 e. The number of aromatic nitrogens is 2. The summed E-state index contributed by atoms with van der Waals surface area (Å²) in [6.07, 6.45) is 1.85. The van der Waals surface area contributed by atoms with Crippen LogP contribution in [-0.2, 0) is 4.74 Å². The fourth-order valence-corrected chi connectivity index (χ4v) is 4.40. The zero-order chi connectivity index (χ0) is 21.5. The number of aliphatic imine (C=N–C) groups is 1. The van der Waals surface area contributed by atoms with Gasteiger partial charge in [0.15, 0.2) is 0 Å². The van der Waals surface area contributed by atoms with Gasteiger partial charge in [-0.05, 0) is 43.7 Å². The molecule has 0 saturated carbocycles. The second kappa shape index (κ2) is 7.67. The number of benzene rings is 2. The number of rotatable bonds is 3. The normalized spacial score (nSPS) is 14.9. The summed E-state index contributed by atoms with van der Waals surface area (Å²) in [6.45, 7) is 6.30. The molecular weight excluding hydrogens is 392 g/mol. The van der Waals surface area contributed by atoms with E-state index >= 15 is 0 Å². The summed E-state index contributed by atoms with van der Waals surface area (Å²) >= 11 is 0. The van der Waals surface area contributed by atoms with Gasteiger partial charge >= 0.3 is 0 Å². The Morgan fingerprint density at radius 3 is 2.68 bits per heavy atom. The number of hydrogen-bond acceptors (Lipinski definition) is 5. The van der Waals surface area contributed by atoms with Gasteiger partial charge in [0.05, 0.1) is 24.4 Å². The van der Waals surface area contributed by atoms with Gasteiger partial charge in [-0.3, -0.25) is 9.79 Å². The average molecular weight is 416 g/mol. The minimum atomic E-state index is 0.0376. The lowest BCUT2D eigenvalue weighted by Crippen LogP contribution is -2.40. The van der Waals surface area contributed by atoms with Gasteiger partial charge in [-0.15, -0.1) is 0 Å². The molecule has 1 N–H and O–H groups in total. The fourth-order valence-electron chi connectivity index (χ4n) is 4.40. The van der Waals surface area contributed by atoms with Crippen molar-refractivity contribution in [1.29, 1.82) is 0 Å². The van der Waals surface area contributed by atoms with Crippen LogP contribution in [0.2, 0.25) is 0 Å². The van der Waals surface area contributed by atoms with Gasteiger partial charge in [0.2, 0.25) is 0 Å². The van der Waals surface area contributed by atoms with Crippen LogP contribution in [0.1, 0.15) is 27.4 Å². The maximum atomic E-state index is 12.9. The topological polar surface area (TPSA) is 83.7 Å². The molecule has 1 amide bonds. The molecule has 1 saturated heterocycles. The summed E-state index contributed by atoms with van der Waals surface area (Å²) in [5.74, 6) is 0.824. The van der Waals surface area contributed by atoms with E-state index in [1.54, 1.807) is 7.05 Å². The van der Waals surface area contributed by atoms with Crippen LogP contribution in [0.15, 0.2) is 39.8 Å². The minimum absolute atomic E-state index is 0.0376. The molecule has 0 unspecified atom stereocenters. The molecule has 3 heterocycles. The molecule has 0 atom stereocenters. The van der Waals surface area contributed by atoms with Gasteiger partial charge < -0.3 is 19.1 Å². The van der Waals surface area contributed by atoms with Gasteiger partial charge in [-0.25, -0.2) is 0 Å². The molecule has 7 heteroatoms. The Hall–Kier alpha value is -3.45. The first-order chi connectivity index (χ1) is 15.1. The van der Waals surface area contributed by atoms with Gasteiger partial charge in [-0.1, -0.05) is 11.2 Å². The highest BCUT2D eigenvalue weighted by Gasteiger charge is 2.20. The Kier molecular flexibility index (Phi) is 4.82. The molecular formula is C24H24N4O3. The van der Waals surface area contributed by atoms with Crippen molar-refractivity contribution in [3.8, 4) is 11.1 Å². The molecule has 4 aromatic rings. The summed E-state index contributed by atoms with van der Waals surface area (Å²) < 4.78 is 10.8. The Bertz CT molecular complexity index is 1310. The molecule has 2 aromatic carbocycles. The molecule has 0 bridgehead atoms. The number of carbonyl (C=O) groups is 1. The van der Waals surface area contributed by atoms with E-state index in [9.17, 15) is 4.79 Å². The third-order valence-corrected chi connectivity index (χ3v) is 5.87. The molecule has 158 valence electrons. The fraction of sp³-hybridized carbons (Fsp3) is 0.292. The van der Waals surface area contributed by atoms with Crippen LogP contribution in [0.5, 0.6) is 0 Å². The molecule has 31 heavy (non-hydrogen) atoms. The number of aromatic amines is 1. The highest BCUT2D eigenvalue weighted by atomic mass is 16.5. The van der Waals surface area contributed by atoms with Crippen molar-refractivity contribution in [2.75, 3.05) is 33.4 Å². The first kappa shape index (κ1) is 19.5. The third-order valence-electron chi connectivity index (χ3n) is 5.87. The lowest BCUT2D eigenvalue weighted by Gasteiger charge is -2.26. The SMILES string of the molecule is C/N=C/c1cc(-c2c(C)noc2C)cc2c1[nH]c1cc(C(=O)N3CCOCC3)ccc12. The molecule has 1 aliphatic heterocycles. The van der Waals surface area contributed by atoms with Crippen LogP contribution in [0.4, 0.5) is 0 Å². The lowest BCUT2D eigenvalue weighted by atomic mass is 9.98. The number of amides is 1. The quantitative estimate of drug-likeness (QED) is 0.510. The monoisotopic (exact) mass is 416 g/mol. The number of nitrogens with zero attached hydrogens (tertiary/aromatic N) is 3. The zero-order valence-corrected chi connectivity index (χ0v) is 17.9. The van der Waals surface area contributed by atoms with E-state index in [0.717, 1.165) is 50.0 Å². The molecule has 7 nitrogen and oxygen atoms in total. The van der Waals surface area contributed by atoms with Crippen molar-refractivity contribution in [2.24, 2.45) is 4.99 Å². The van der Waals surface area contributed by atoms with Crippen molar-refractivity contribution in [2.45, 2.75) is 13.8 Å². The van der Waals surface area contributed by atoms with Crippen LogP contribution in [0, 0.1) is 13.8 Å². The van der Waals surface area contributed by atoms with Gasteiger partial charge in [0.1, 0.15) is 5.76 Å². The van der Waals surface area contributed by atoms with E-state index < -0.39 is 0 Å². The maximum Gasteiger partial charge on any atom is 0.254 e. The molecule has 0 spiro atoms. The standard InChI is InChI=1S/C24H24N4O3/c1-14-22(15(2)31-27-14)17-10-18(13-25-3)23-20(11-17)19-5-4-16(12-21(19)26-23)24(29)28-6-8-30-9-7-28/h4-5,10-13,26H,6-9H2,1-3H3/b25-13+. The second-order valence-corrected chi connectivity index (χ2v) is 7.86. The van der Waals surface area contributed by atoms with Crippen molar-refractivity contribution >= 4 is 33.9 Å².